The fourth-order valence-electron chi connectivity index (χ4n) is 3.23. The molecule has 2 heterocycles. The number of rotatable bonds is 5. The number of sulfonamides is 1. The molecule has 1 atom stereocenters. The second-order valence-electron chi connectivity index (χ2n) is 6.70. The maximum atomic E-state index is 11.7. The van der Waals surface area contributed by atoms with E-state index >= 15 is 0 Å². The molecule has 1 aliphatic heterocycles. The molecule has 2 aliphatic rings. The van der Waals surface area contributed by atoms with Crippen molar-refractivity contribution in [3.8, 4) is 0 Å². The highest BCUT2D eigenvalue weighted by atomic mass is 32.2. The second kappa shape index (κ2) is 5.72. The normalized spacial score (nSPS) is 24.4. The lowest BCUT2D eigenvalue weighted by Crippen LogP contribution is -2.40. The summed E-state index contributed by atoms with van der Waals surface area (Å²) in [5.74, 6) is 2.36. The number of nitrogens with zero attached hydrogens (tertiary/aromatic N) is 3. The highest BCUT2D eigenvalue weighted by Gasteiger charge is 2.28. The fraction of sp³-hybridized carbons (Fsp3) is 0.800. The smallest absolute Gasteiger partial charge is 0.211 e. The molecule has 1 unspecified atom stereocenters. The van der Waals surface area contributed by atoms with Crippen LogP contribution in [-0.4, -0.2) is 41.6 Å². The Balaban J connectivity index is 1.68. The minimum absolute atomic E-state index is 0.397. The summed E-state index contributed by atoms with van der Waals surface area (Å²) >= 11 is 0. The molecule has 1 aliphatic carbocycles. The van der Waals surface area contributed by atoms with Gasteiger partial charge in [0, 0.05) is 37.9 Å². The lowest BCUT2D eigenvalue weighted by Gasteiger charge is -2.30. The van der Waals surface area contributed by atoms with Crippen molar-refractivity contribution in [3.63, 3.8) is 0 Å². The van der Waals surface area contributed by atoms with Crippen LogP contribution in [-0.2, 0) is 23.0 Å². The zero-order chi connectivity index (χ0) is 15.0. The first kappa shape index (κ1) is 15.0. The van der Waals surface area contributed by atoms with Crippen molar-refractivity contribution < 1.29 is 8.42 Å². The first-order chi connectivity index (χ1) is 9.93. The van der Waals surface area contributed by atoms with Gasteiger partial charge in [-0.15, -0.1) is 0 Å². The highest BCUT2D eigenvalue weighted by molar-refractivity contribution is 7.88. The third-order valence-electron chi connectivity index (χ3n) is 4.70. The van der Waals surface area contributed by atoms with Crippen LogP contribution in [0, 0.1) is 18.8 Å². The van der Waals surface area contributed by atoms with Crippen molar-refractivity contribution in [1.29, 1.82) is 0 Å². The molecule has 3 rings (SSSR count). The van der Waals surface area contributed by atoms with E-state index in [1.807, 2.05) is 6.20 Å². The molecule has 0 bridgehead atoms. The summed E-state index contributed by atoms with van der Waals surface area (Å²) in [6, 6.07) is 0. The standard InChI is InChI=1S/C15H25N3O2S/c1-12-9-16-15(18(12)11-13-5-6-13)8-14-4-3-7-17(10-14)21(2,19)20/h9,13-14H,3-8,10-11H2,1-2H3. The average Bonchev–Trinajstić information content (AvgIpc) is 3.18. The molecular formula is C15H25N3O2S. The van der Waals surface area contributed by atoms with E-state index in [9.17, 15) is 8.42 Å². The van der Waals surface area contributed by atoms with Gasteiger partial charge in [0.15, 0.2) is 0 Å². The minimum atomic E-state index is -3.06. The lowest BCUT2D eigenvalue weighted by atomic mass is 9.96. The van der Waals surface area contributed by atoms with Gasteiger partial charge in [0.1, 0.15) is 5.82 Å². The molecule has 118 valence electrons. The fourth-order valence-corrected chi connectivity index (χ4v) is 4.18. The van der Waals surface area contributed by atoms with Crippen molar-refractivity contribution in [2.75, 3.05) is 19.3 Å². The van der Waals surface area contributed by atoms with Crippen LogP contribution in [0.5, 0.6) is 0 Å². The van der Waals surface area contributed by atoms with Gasteiger partial charge in [-0.3, -0.25) is 0 Å². The number of hydrogen-bond donors (Lipinski definition) is 0. The monoisotopic (exact) mass is 311 g/mol. The zero-order valence-corrected chi connectivity index (χ0v) is 13.8. The number of aromatic nitrogens is 2. The Kier molecular flexibility index (Phi) is 4.10. The van der Waals surface area contributed by atoms with Gasteiger partial charge in [-0.2, -0.15) is 0 Å². The molecule has 1 aromatic rings. The molecule has 0 aromatic carbocycles. The van der Waals surface area contributed by atoms with Crippen molar-refractivity contribution >= 4 is 10.0 Å². The van der Waals surface area contributed by atoms with E-state index < -0.39 is 10.0 Å². The predicted molar refractivity (Wildman–Crippen MR) is 82.5 cm³/mol. The Hall–Kier alpha value is -0.880. The highest BCUT2D eigenvalue weighted by Crippen LogP contribution is 2.32. The quantitative estimate of drug-likeness (QED) is 0.833. The molecule has 1 saturated carbocycles. The summed E-state index contributed by atoms with van der Waals surface area (Å²) in [5, 5.41) is 0. The Morgan fingerprint density at radius 2 is 2.05 bits per heavy atom. The van der Waals surface area contributed by atoms with Crippen LogP contribution >= 0.6 is 0 Å². The van der Waals surface area contributed by atoms with Gasteiger partial charge < -0.3 is 4.57 Å². The molecular weight excluding hydrogens is 286 g/mol. The Morgan fingerprint density at radius 1 is 1.29 bits per heavy atom. The van der Waals surface area contributed by atoms with Crippen LogP contribution in [0.15, 0.2) is 6.20 Å². The zero-order valence-electron chi connectivity index (χ0n) is 13.0. The van der Waals surface area contributed by atoms with Gasteiger partial charge in [-0.1, -0.05) is 0 Å². The first-order valence-electron chi connectivity index (χ1n) is 7.89. The van der Waals surface area contributed by atoms with Gasteiger partial charge in [-0.25, -0.2) is 17.7 Å². The second-order valence-corrected chi connectivity index (χ2v) is 8.69. The van der Waals surface area contributed by atoms with Crippen molar-refractivity contribution in [2.45, 2.75) is 45.6 Å². The van der Waals surface area contributed by atoms with E-state index in [2.05, 4.69) is 16.5 Å². The first-order valence-corrected chi connectivity index (χ1v) is 9.74. The van der Waals surface area contributed by atoms with Crippen LogP contribution in [0.25, 0.3) is 0 Å². The van der Waals surface area contributed by atoms with Crippen LogP contribution in [0.2, 0.25) is 0 Å². The van der Waals surface area contributed by atoms with E-state index in [0.29, 0.717) is 19.0 Å². The summed E-state index contributed by atoms with van der Waals surface area (Å²) < 4.78 is 27.4. The molecule has 0 radical (unpaired) electrons. The van der Waals surface area contributed by atoms with E-state index in [4.69, 9.17) is 0 Å². The minimum Gasteiger partial charge on any atom is -0.332 e. The molecule has 0 amide bonds. The van der Waals surface area contributed by atoms with Crippen LogP contribution in [0.4, 0.5) is 0 Å². The Bertz CT molecular complexity index is 604. The van der Waals surface area contributed by atoms with E-state index in [-0.39, 0.29) is 0 Å². The molecule has 1 saturated heterocycles. The third-order valence-corrected chi connectivity index (χ3v) is 5.97. The van der Waals surface area contributed by atoms with E-state index in [1.165, 1.54) is 24.8 Å². The van der Waals surface area contributed by atoms with Gasteiger partial charge in [0.2, 0.25) is 10.0 Å². The third kappa shape index (κ3) is 3.66. The lowest BCUT2D eigenvalue weighted by molar-refractivity contribution is 0.262. The summed E-state index contributed by atoms with van der Waals surface area (Å²) in [4.78, 5) is 4.57. The molecule has 1 aromatic heterocycles. The van der Waals surface area contributed by atoms with Crippen molar-refractivity contribution in [1.82, 2.24) is 13.9 Å². The van der Waals surface area contributed by atoms with Crippen LogP contribution in [0.1, 0.15) is 37.2 Å². The van der Waals surface area contributed by atoms with Crippen molar-refractivity contribution in [3.05, 3.63) is 17.7 Å². The van der Waals surface area contributed by atoms with E-state index in [1.54, 1.807) is 4.31 Å². The molecule has 0 spiro atoms. The number of hydrogen-bond acceptors (Lipinski definition) is 3. The molecule has 5 nitrogen and oxygen atoms in total. The summed E-state index contributed by atoms with van der Waals surface area (Å²) in [6.45, 7) is 4.52. The molecule has 6 heteroatoms. The van der Waals surface area contributed by atoms with Gasteiger partial charge in [0.25, 0.3) is 0 Å². The maximum absolute atomic E-state index is 11.7. The van der Waals surface area contributed by atoms with E-state index in [0.717, 1.165) is 37.5 Å². The van der Waals surface area contributed by atoms with Crippen LogP contribution < -0.4 is 0 Å². The Labute approximate surface area is 127 Å². The molecule has 2 fully saturated rings. The van der Waals surface area contributed by atoms with Gasteiger partial charge in [0.05, 0.1) is 6.26 Å². The molecule has 0 N–H and O–H groups in total. The summed E-state index contributed by atoms with van der Waals surface area (Å²) in [6.07, 6.45) is 8.89. The number of aryl methyl sites for hydroxylation is 1. The topological polar surface area (TPSA) is 55.2 Å². The number of imidazole rings is 1. The van der Waals surface area contributed by atoms with Gasteiger partial charge >= 0.3 is 0 Å². The van der Waals surface area contributed by atoms with Crippen molar-refractivity contribution in [2.24, 2.45) is 11.8 Å². The largest absolute Gasteiger partial charge is 0.332 e. The molecule has 21 heavy (non-hydrogen) atoms. The predicted octanol–water partition coefficient (Wildman–Crippen LogP) is 1.82. The maximum Gasteiger partial charge on any atom is 0.211 e. The summed E-state index contributed by atoms with van der Waals surface area (Å²) in [7, 11) is -3.06. The van der Waals surface area contributed by atoms with Crippen LogP contribution in [0.3, 0.4) is 0 Å². The van der Waals surface area contributed by atoms with Gasteiger partial charge in [-0.05, 0) is 44.4 Å². The summed E-state index contributed by atoms with van der Waals surface area (Å²) in [5.41, 5.74) is 1.23. The SMILES string of the molecule is Cc1cnc(CC2CCCN(S(C)(=O)=O)C2)n1CC1CC1. The average molecular weight is 311 g/mol. The Morgan fingerprint density at radius 3 is 2.71 bits per heavy atom. The number of piperidine rings is 1.